The molecular formula is C14H20BrFN2O. The highest BCUT2D eigenvalue weighted by atomic mass is 79.9. The average molecular weight is 331 g/mol. The smallest absolute Gasteiger partial charge is 0.224 e. The van der Waals surface area contributed by atoms with E-state index in [1.807, 2.05) is 14.1 Å². The molecular weight excluding hydrogens is 311 g/mol. The normalized spacial score (nSPS) is 11.7. The summed E-state index contributed by atoms with van der Waals surface area (Å²) in [6, 6.07) is 4.61. The third kappa shape index (κ3) is 4.91. The minimum atomic E-state index is -0.321. The lowest BCUT2D eigenvalue weighted by Gasteiger charge is -2.32. The molecule has 0 aliphatic heterocycles. The van der Waals surface area contributed by atoms with Crippen molar-refractivity contribution < 1.29 is 9.18 Å². The second-order valence-corrected chi connectivity index (χ2v) is 6.26. The molecule has 0 radical (unpaired) electrons. The Labute approximate surface area is 122 Å². The fourth-order valence-electron chi connectivity index (χ4n) is 1.37. The molecule has 0 aliphatic carbocycles. The second kappa shape index (κ2) is 6.48. The van der Waals surface area contributed by atoms with Crippen LogP contribution < -0.4 is 5.32 Å². The molecule has 1 aromatic rings. The van der Waals surface area contributed by atoms with Crippen LogP contribution in [0, 0.1) is 5.82 Å². The fourth-order valence-corrected chi connectivity index (χ4v) is 1.80. The maximum atomic E-state index is 13.1. The summed E-state index contributed by atoms with van der Waals surface area (Å²) in [5, 5.41) is 2.90. The molecule has 0 aliphatic rings. The first-order valence-corrected chi connectivity index (χ1v) is 6.90. The Morgan fingerprint density at radius 1 is 1.42 bits per heavy atom. The Morgan fingerprint density at radius 3 is 2.58 bits per heavy atom. The summed E-state index contributed by atoms with van der Waals surface area (Å²) in [4.78, 5) is 13.9. The van der Waals surface area contributed by atoms with Crippen LogP contribution in [0.1, 0.15) is 19.4 Å². The van der Waals surface area contributed by atoms with Crippen LogP contribution in [-0.4, -0.2) is 37.0 Å². The van der Waals surface area contributed by atoms with E-state index in [2.05, 4.69) is 40.0 Å². The van der Waals surface area contributed by atoms with Gasteiger partial charge in [-0.15, -0.1) is 0 Å². The Kier molecular flexibility index (Phi) is 5.50. The van der Waals surface area contributed by atoms with Gasteiger partial charge >= 0.3 is 0 Å². The number of halogens is 2. The minimum absolute atomic E-state index is 0.0616. The van der Waals surface area contributed by atoms with Crippen LogP contribution in [0.5, 0.6) is 0 Å². The standard InChI is InChI=1S/C14H20BrFN2O/c1-14(2,18(3)4)9-17-13(19)8-10-5-6-12(16)11(15)7-10/h5-7H,8-9H2,1-4H3,(H,17,19). The molecule has 1 N–H and O–H groups in total. The highest BCUT2D eigenvalue weighted by Gasteiger charge is 2.21. The maximum absolute atomic E-state index is 13.1. The van der Waals surface area contributed by atoms with Gasteiger partial charge in [0.25, 0.3) is 0 Å². The van der Waals surface area contributed by atoms with Crippen molar-refractivity contribution in [3.05, 3.63) is 34.1 Å². The van der Waals surface area contributed by atoms with Crippen molar-refractivity contribution in [3.63, 3.8) is 0 Å². The zero-order valence-electron chi connectivity index (χ0n) is 11.8. The van der Waals surface area contributed by atoms with Crippen LogP contribution in [0.15, 0.2) is 22.7 Å². The molecule has 0 saturated carbocycles. The van der Waals surface area contributed by atoms with E-state index in [1.165, 1.54) is 6.07 Å². The molecule has 0 saturated heterocycles. The molecule has 0 aromatic heterocycles. The maximum Gasteiger partial charge on any atom is 0.224 e. The van der Waals surface area contributed by atoms with Gasteiger partial charge in [0, 0.05) is 12.1 Å². The van der Waals surface area contributed by atoms with Crippen molar-refractivity contribution in [2.45, 2.75) is 25.8 Å². The molecule has 3 nitrogen and oxygen atoms in total. The van der Waals surface area contributed by atoms with Gasteiger partial charge in [-0.25, -0.2) is 4.39 Å². The van der Waals surface area contributed by atoms with Gasteiger partial charge in [0.2, 0.25) is 5.91 Å². The van der Waals surface area contributed by atoms with E-state index >= 15 is 0 Å². The number of nitrogens with zero attached hydrogens (tertiary/aromatic N) is 1. The van der Waals surface area contributed by atoms with Crippen LogP contribution in [0.4, 0.5) is 4.39 Å². The molecule has 0 atom stereocenters. The van der Waals surface area contributed by atoms with Crippen molar-refractivity contribution in [3.8, 4) is 0 Å². The zero-order chi connectivity index (χ0) is 14.6. The molecule has 19 heavy (non-hydrogen) atoms. The topological polar surface area (TPSA) is 32.3 Å². The van der Waals surface area contributed by atoms with E-state index in [4.69, 9.17) is 0 Å². The third-order valence-electron chi connectivity index (χ3n) is 3.28. The zero-order valence-corrected chi connectivity index (χ0v) is 13.3. The van der Waals surface area contributed by atoms with E-state index in [0.29, 0.717) is 11.0 Å². The highest BCUT2D eigenvalue weighted by Crippen LogP contribution is 2.17. The molecule has 0 unspecified atom stereocenters. The molecule has 1 rings (SSSR count). The van der Waals surface area contributed by atoms with Gasteiger partial charge in [-0.3, -0.25) is 4.79 Å². The average Bonchev–Trinajstić information content (AvgIpc) is 2.31. The van der Waals surface area contributed by atoms with Gasteiger partial charge in [0.15, 0.2) is 0 Å². The predicted molar refractivity (Wildman–Crippen MR) is 78.6 cm³/mol. The number of amides is 1. The number of carbonyl (C=O) groups excluding carboxylic acids is 1. The Hall–Kier alpha value is -0.940. The van der Waals surface area contributed by atoms with Crippen LogP contribution in [0.3, 0.4) is 0 Å². The summed E-state index contributed by atoms with van der Waals surface area (Å²) in [7, 11) is 3.95. The summed E-state index contributed by atoms with van der Waals surface area (Å²) < 4.78 is 13.5. The second-order valence-electron chi connectivity index (χ2n) is 5.41. The highest BCUT2D eigenvalue weighted by molar-refractivity contribution is 9.10. The van der Waals surface area contributed by atoms with Crippen LogP contribution in [-0.2, 0) is 11.2 Å². The van der Waals surface area contributed by atoms with Crippen LogP contribution in [0.2, 0.25) is 0 Å². The lowest BCUT2D eigenvalue weighted by Crippen LogP contribution is -2.48. The summed E-state index contributed by atoms with van der Waals surface area (Å²) in [5.41, 5.74) is 0.687. The summed E-state index contributed by atoms with van der Waals surface area (Å²) >= 11 is 3.11. The number of benzene rings is 1. The predicted octanol–water partition coefficient (Wildman–Crippen LogP) is 2.59. The van der Waals surface area contributed by atoms with Crippen molar-refractivity contribution in [1.82, 2.24) is 10.2 Å². The van der Waals surface area contributed by atoms with E-state index in [9.17, 15) is 9.18 Å². The Morgan fingerprint density at radius 2 is 2.05 bits per heavy atom. The summed E-state index contributed by atoms with van der Waals surface area (Å²) in [5.74, 6) is -0.383. The van der Waals surface area contributed by atoms with Crippen molar-refractivity contribution >= 4 is 21.8 Å². The van der Waals surface area contributed by atoms with Crippen molar-refractivity contribution in [2.75, 3.05) is 20.6 Å². The summed E-state index contributed by atoms with van der Waals surface area (Å²) in [6.07, 6.45) is 0.252. The molecule has 106 valence electrons. The van der Waals surface area contributed by atoms with Gasteiger partial charge < -0.3 is 10.2 Å². The van der Waals surface area contributed by atoms with Gasteiger partial charge in [-0.05, 0) is 61.6 Å². The van der Waals surface area contributed by atoms with E-state index in [1.54, 1.807) is 12.1 Å². The van der Waals surface area contributed by atoms with E-state index in [0.717, 1.165) is 5.56 Å². The van der Waals surface area contributed by atoms with Crippen LogP contribution in [0.25, 0.3) is 0 Å². The number of carbonyl (C=O) groups is 1. The molecule has 0 heterocycles. The quantitative estimate of drug-likeness (QED) is 0.899. The largest absolute Gasteiger partial charge is 0.354 e. The monoisotopic (exact) mass is 330 g/mol. The molecule has 1 amide bonds. The number of likely N-dealkylation sites (N-methyl/N-ethyl adjacent to an activating group) is 1. The Bertz CT molecular complexity index is 461. The van der Waals surface area contributed by atoms with E-state index < -0.39 is 0 Å². The van der Waals surface area contributed by atoms with Crippen molar-refractivity contribution in [2.24, 2.45) is 0 Å². The summed E-state index contributed by atoms with van der Waals surface area (Å²) in [6.45, 7) is 4.69. The lowest BCUT2D eigenvalue weighted by atomic mass is 10.0. The van der Waals surface area contributed by atoms with Gasteiger partial charge in [0.05, 0.1) is 10.9 Å². The molecule has 0 fully saturated rings. The van der Waals surface area contributed by atoms with E-state index in [-0.39, 0.29) is 23.7 Å². The number of hydrogen-bond acceptors (Lipinski definition) is 2. The number of rotatable bonds is 5. The number of hydrogen-bond donors (Lipinski definition) is 1. The fraction of sp³-hybridized carbons (Fsp3) is 0.500. The first-order valence-electron chi connectivity index (χ1n) is 6.10. The minimum Gasteiger partial charge on any atom is -0.354 e. The first kappa shape index (κ1) is 16.1. The van der Waals surface area contributed by atoms with Gasteiger partial charge in [-0.1, -0.05) is 6.07 Å². The van der Waals surface area contributed by atoms with Crippen LogP contribution >= 0.6 is 15.9 Å². The lowest BCUT2D eigenvalue weighted by molar-refractivity contribution is -0.120. The van der Waals surface area contributed by atoms with Gasteiger partial charge in [-0.2, -0.15) is 0 Å². The molecule has 0 spiro atoms. The number of nitrogens with one attached hydrogen (secondary N) is 1. The third-order valence-corrected chi connectivity index (χ3v) is 3.89. The van der Waals surface area contributed by atoms with Gasteiger partial charge in [0.1, 0.15) is 5.82 Å². The SMILES string of the molecule is CN(C)C(C)(C)CNC(=O)Cc1ccc(F)c(Br)c1. The molecule has 0 bridgehead atoms. The Balaban J connectivity index is 2.54. The first-order chi connectivity index (χ1) is 8.72. The molecule has 5 heteroatoms. The van der Waals surface area contributed by atoms with Crippen molar-refractivity contribution in [1.29, 1.82) is 0 Å². The molecule has 1 aromatic carbocycles.